The van der Waals surface area contributed by atoms with Crippen molar-refractivity contribution in [2.75, 3.05) is 13.2 Å². The summed E-state index contributed by atoms with van der Waals surface area (Å²) in [7, 11) is 0. The maximum Gasteiger partial charge on any atom is 0.306 e. The Morgan fingerprint density at radius 1 is 0.396 bits per heavy atom. The lowest BCUT2D eigenvalue weighted by Crippen LogP contribution is -2.30. The van der Waals surface area contributed by atoms with Crippen LogP contribution in [-0.2, 0) is 28.6 Å². The van der Waals surface area contributed by atoms with Crippen LogP contribution in [0.15, 0.2) is 36.5 Å². The lowest BCUT2D eigenvalue weighted by atomic mass is 10.1. The number of esters is 3. The van der Waals surface area contributed by atoms with E-state index in [1.165, 1.54) is 103 Å². The molecule has 0 amide bonds. The van der Waals surface area contributed by atoms with E-state index in [1.54, 1.807) is 0 Å². The third-order valence-electron chi connectivity index (χ3n) is 9.66. The molecule has 0 heterocycles. The van der Waals surface area contributed by atoms with Crippen molar-refractivity contribution in [3.05, 3.63) is 36.5 Å². The zero-order valence-corrected chi connectivity index (χ0v) is 35.0. The van der Waals surface area contributed by atoms with Crippen molar-refractivity contribution in [2.45, 2.75) is 232 Å². The lowest BCUT2D eigenvalue weighted by molar-refractivity contribution is -0.167. The molecule has 6 heteroatoms. The minimum absolute atomic E-state index is 0.0736. The van der Waals surface area contributed by atoms with Gasteiger partial charge in [0.25, 0.3) is 0 Å². The molecular weight excluding hydrogens is 661 g/mol. The fourth-order valence-electron chi connectivity index (χ4n) is 6.28. The van der Waals surface area contributed by atoms with Crippen LogP contribution in [0.4, 0.5) is 0 Å². The van der Waals surface area contributed by atoms with Crippen LogP contribution in [0, 0.1) is 0 Å². The van der Waals surface area contributed by atoms with Gasteiger partial charge in [0, 0.05) is 19.3 Å². The average Bonchev–Trinajstić information content (AvgIpc) is 3.15. The molecular formula is C47H84O6. The molecule has 0 N–H and O–H groups in total. The topological polar surface area (TPSA) is 78.9 Å². The highest BCUT2D eigenvalue weighted by Gasteiger charge is 2.19. The molecule has 6 nitrogen and oxygen atoms in total. The van der Waals surface area contributed by atoms with Crippen LogP contribution < -0.4 is 0 Å². The van der Waals surface area contributed by atoms with E-state index in [2.05, 4.69) is 57.2 Å². The van der Waals surface area contributed by atoms with Gasteiger partial charge in [-0.3, -0.25) is 14.4 Å². The molecule has 308 valence electrons. The van der Waals surface area contributed by atoms with Crippen molar-refractivity contribution < 1.29 is 28.6 Å². The number of rotatable bonds is 40. The Labute approximate surface area is 327 Å². The van der Waals surface area contributed by atoms with Gasteiger partial charge in [0.05, 0.1) is 0 Å². The molecule has 0 aliphatic carbocycles. The zero-order valence-electron chi connectivity index (χ0n) is 35.0. The minimum atomic E-state index is -0.769. The number of unbranched alkanes of at least 4 members (excludes halogenated alkanes) is 23. The van der Waals surface area contributed by atoms with Gasteiger partial charge in [0.2, 0.25) is 0 Å². The predicted molar refractivity (Wildman–Crippen MR) is 224 cm³/mol. The van der Waals surface area contributed by atoms with E-state index in [1.807, 2.05) is 0 Å². The standard InChI is InChI=1S/C47H84O6/c1-4-7-10-13-16-19-21-22-23-24-25-26-29-31-34-37-40-46(49)52-43-44(42-51-45(48)39-36-33-30-27-18-15-12-9-6-3)53-47(50)41-38-35-32-28-20-17-14-11-8-5-2/h7,10,16,19,22-23,44H,4-6,8-9,11-15,17-18,20-21,24-43H2,1-3H3/b10-7-,19-16-,23-22-. The summed E-state index contributed by atoms with van der Waals surface area (Å²) in [5.74, 6) is -0.889. The molecule has 0 aromatic carbocycles. The Balaban J connectivity index is 4.33. The van der Waals surface area contributed by atoms with Gasteiger partial charge in [-0.05, 0) is 51.4 Å². The van der Waals surface area contributed by atoms with Crippen LogP contribution >= 0.6 is 0 Å². The van der Waals surface area contributed by atoms with Crippen LogP contribution in [0.5, 0.6) is 0 Å². The van der Waals surface area contributed by atoms with Crippen molar-refractivity contribution >= 4 is 17.9 Å². The van der Waals surface area contributed by atoms with Gasteiger partial charge in [-0.25, -0.2) is 0 Å². The average molecular weight is 745 g/mol. The number of ether oxygens (including phenoxy) is 3. The quantitative estimate of drug-likeness (QED) is 0.0269. The summed E-state index contributed by atoms with van der Waals surface area (Å²) >= 11 is 0. The molecule has 0 saturated carbocycles. The van der Waals surface area contributed by atoms with Crippen LogP contribution in [0.1, 0.15) is 226 Å². The smallest absolute Gasteiger partial charge is 0.306 e. The largest absolute Gasteiger partial charge is 0.462 e. The molecule has 1 unspecified atom stereocenters. The summed E-state index contributed by atoms with van der Waals surface area (Å²) in [5.41, 5.74) is 0. The minimum Gasteiger partial charge on any atom is -0.462 e. The van der Waals surface area contributed by atoms with Crippen molar-refractivity contribution in [2.24, 2.45) is 0 Å². The summed E-state index contributed by atoms with van der Waals surface area (Å²) in [4.78, 5) is 37.6. The van der Waals surface area contributed by atoms with E-state index in [-0.39, 0.29) is 31.1 Å². The van der Waals surface area contributed by atoms with Gasteiger partial charge >= 0.3 is 17.9 Å². The van der Waals surface area contributed by atoms with E-state index < -0.39 is 6.10 Å². The lowest BCUT2D eigenvalue weighted by Gasteiger charge is -2.18. The van der Waals surface area contributed by atoms with Gasteiger partial charge in [-0.2, -0.15) is 0 Å². The Kier molecular flexibility index (Phi) is 40.5. The Morgan fingerprint density at radius 2 is 0.736 bits per heavy atom. The third kappa shape index (κ3) is 40.6. The predicted octanol–water partition coefficient (Wildman–Crippen LogP) is 14.2. The van der Waals surface area contributed by atoms with Crippen molar-refractivity contribution in [3.63, 3.8) is 0 Å². The first kappa shape index (κ1) is 50.6. The fourth-order valence-corrected chi connectivity index (χ4v) is 6.28. The first-order valence-electron chi connectivity index (χ1n) is 22.5. The summed E-state index contributed by atoms with van der Waals surface area (Å²) < 4.78 is 16.7. The monoisotopic (exact) mass is 745 g/mol. The first-order valence-corrected chi connectivity index (χ1v) is 22.5. The number of hydrogen-bond donors (Lipinski definition) is 0. The second-order valence-corrected chi connectivity index (χ2v) is 14.9. The molecule has 53 heavy (non-hydrogen) atoms. The van der Waals surface area contributed by atoms with Crippen molar-refractivity contribution in [3.8, 4) is 0 Å². The summed E-state index contributed by atoms with van der Waals surface area (Å²) in [5, 5.41) is 0. The molecule has 1 atom stereocenters. The van der Waals surface area contributed by atoms with Gasteiger partial charge in [-0.15, -0.1) is 0 Å². The van der Waals surface area contributed by atoms with E-state index >= 15 is 0 Å². The Hall–Kier alpha value is -2.37. The molecule has 0 aromatic rings. The van der Waals surface area contributed by atoms with Gasteiger partial charge in [0.15, 0.2) is 6.10 Å². The van der Waals surface area contributed by atoms with E-state index in [0.29, 0.717) is 19.3 Å². The second kappa shape index (κ2) is 42.4. The normalized spacial score (nSPS) is 12.3. The van der Waals surface area contributed by atoms with E-state index in [4.69, 9.17) is 14.2 Å². The number of hydrogen-bond acceptors (Lipinski definition) is 6. The molecule has 0 aliphatic rings. The molecule has 0 bridgehead atoms. The van der Waals surface area contributed by atoms with Crippen molar-refractivity contribution in [1.82, 2.24) is 0 Å². The van der Waals surface area contributed by atoms with Gasteiger partial charge < -0.3 is 14.2 Å². The molecule has 0 radical (unpaired) electrons. The van der Waals surface area contributed by atoms with E-state index in [9.17, 15) is 14.4 Å². The van der Waals surface area contributed by atoms with Crippen LogP contribution in [0.25, 0.3) is 0 Å². The molecule has 0 aromatic heterocycles. The Bertz CT molecular complexity index is 907. The van der Waals surface area contributed by atoms with Crippen LogP contribution in [0.3, 0.4) is 0 Å². The summed E-state index contributed by atoms with van der Waals surface area (Å²) in [6, 6.07) is 0. The second-order valence-electron chi connectivity index (χ2n) is 14.9. The van der Waals surface area contributed by atoms with E-state index in [0.717, 1.165) is 83.5 Å². The molecule has 0 aliphatic heterocycles. The number of carbonyl (C=O) groups excluding carboxylic acids is 3. The number of carbonyl (C=O) groups is 3. The fraction of sp³-hybridized carbons (Fsp3) is 0.809. The maximum atomic E-state index is 12.7. The highest BCUT2D eigenvalue weighted by molar-refractivity contribution is 5.71. The maximum absolute atomic E-state index is 12.7. The van der Waals surface area contributed by atoms with Crippen LogP contribution in [-0.4, -0.2) is 37.2 Å². The highest BCUT2D eigenvalue weighted by Crippen LogP contribution is 2.14. The molecule has 0 rings (SSSR count). The first-order chi connectivity index (χ1) is 26.0. The molecule has 0 saturated heterocycles. The highest BCUT2D eigenvalue weighted by atomic mass is 16.6. The Morgan fingerprint density at radius 3 is 1.15 bits per heavy atom. The van der Waals surface area contributed by atoms with Crippen molar-refractivity contribution in [1.29, 1.82) is 0 Å². The molecule has 0 fully saturated rings. The van der Waals surface area contributed by atoms with Crippen LogP contribution in [0.2, 0.25) is 0 Å². The van der Waals surface area contributed by atoms with Gasteiger partial charge in [0.1, 0.15) is 13.2 Å². The third-order valence-corrected chi connectivity index (χ3v) is 9.66. The summed E-state index contributed by atoms with van der Waals surface area (Å²) in [6.07, 6.45) is 47.0. The molecule has 0 spiro atoms. The summed E-state index contributed by atoms with van der Waals surface area (Å²) in [6.45, 7) is 6.48. The van der Waals surface area contributed by atoms with Gasteiger partial charge in [-0.1, -0.05) is 192 Å². The number of allylic oxidation sites excluding steroid dienone is 6. The SMILES string of the molecule is CC/C=C\C/C=C\C/C=C\CCCCCCCCC(=O)OCC(COC(=O)CCCCCCCCCCC)OC(=O)CCCCCCCCCCCC. The zero-order chi connectivity index (χ0) is 38.7.